The maximum Gasteiger partial charge on any atom is 0.105 e. The number of hydrogen-bond donors (Lipinski definition) is 1. The van der Waals surface area contributed by atoms with Crippen molar-refractivity contribution in [3.05, 3.63) is 21.6 Å². The highest BCUT2D eigenvalue weighted by atomic mass is 79.9. The lowest BCUT2D eigenvalue weighted by molar-refractivity contribution is 1.34. The molecule has 2 aromatic rings. The average molecular weight is 257 g/mol. The van der Waals surface area contributed by atoms with Gasteiger partial charge in [0.25, 0.3) is 0 Å². The maximum absolute atomic E-state index is 4.46. The van der Waals surface area contributed by atoms with Crippen LogP contribution in [0.4, 0.5) is 5.69 Å². The van der Waals surface area contributed by atoms with Gasteiger partial charge in [0, 0.05) is 11.5 Å². The summed E-state index contributed by atoms with van der Waals surface area (Å²) in [6.45, 7) is 2.03. The zero-order valence-corrected chi connectivity index (χ0v) is 9.79. The molecule has 4 heteroatoms. The molecule has 1 aromatic heterocycles. The monoisotopic (exact) mass is 256 g/mol. The number of aryl methyl sites for hydroxylation is 1. The van der Waals surface area contributed by atoms with Crippen molar-refractivity contribution >= 4 is 43.2 Å². The molecule has 0 bridgehead atoms. The summed E-state index contributed by atoms with van der Waals surface area (Å²) in [5.74, 6) is 0. The van der Waals surface area contributed by atoms with Crippen LogP contribution >= 0.6 is 27.3 Å². The van der Waals surface area contributed by atoms with E-state index in [0.717, 1.165) is 20.7 Å². The van der Waals surface area contributed by atoms with E-state index in [9.17, 15) is 0 Å². The standard InChI is InChI=1S/C9H9BrN2S/c1-5-12-9-7(11-2)3-6(10)4-8(9)13-5/h3-4,11H,1-2H3. The molecular weight excluding hydrogens is 248 g/mol. The summed E-state index contributed by atoms with van der Waals surface area (Å²) in [5.41, 5.74) is 2.14. The Labute approximate surface area is 89.1 Å². The Balaban J connectivity index is 2.80. The molecule has 0 fully saturated rings. The van der Waals surface area contributed by atoms with Gasteiger partial charge in [-0.2, -0.15) is 0 Å². The number of fused-ring (bicyclic) bond motifs is 1. The Morgan fingerprint density at radius 3 is 2.92 bits per heavy atom. The van der Waals surface area contributed by atoms with Crippen molar-refractivity contribution < 1.29 is 0 Å². The fourth-order valence-corrected chi connectivity index (χ4v) is 2.80. The molecule has 0 saturated carbocycles. The smallest absolute Gasteiger partial charge is 0.105 e. The van der Waals surface area contributed by atoms with Crippen LogP contribution in [0.3, 0.4) is 0 Å². The van der Waals surface area contributed by atoms with Crippen molar-refractivity contribution in [3.8, 4) is 0 Å². The van der Waals surface area contributed by atoms with Crippen LogP contribution in [0.2, 0.25) is 0 Å². The van der Waals surface area contributed by atoms with Gasteiger partial charge >= 0.3 is 0 Å². The number of nitrogens with one attached hydrogen (secondary N) is 1. The summed E-state index contributed by atoms with van der Waals surface area (Å²) in [5, 5.41) is 4.24. The molecule has 2 nitrogen and oxygen atoms in total. The van der Waals surface area contributed by atoms with E-state index in [1.165, 1.54) is 4.70 Å². The third kappa shape index (κ3) is 1.56. The molecule has 0 aliphatic carbocycles. The van der Waals surface area contributed by atoms with Crippen LogP contribution in [0.25, 0.3) is 10.2 Å². The van der Waals surface area contributed by atoms with Crippen LogP contribution < -0.4 is 5.32 Å². The summed E-state index contributed by atoms with van der Waals surface area (Å²) in [6.07, 6.45) is 0. The van der Waals surface area contributed by atoms with Gasteiger partial charge in [-0.15, -0.1) is 11.3 Å². The molecule has 2 rings (SSSR count). The van der Waals surface area contributed by atoms with E-state index in [1.807, 2.05) is 20.0 Å². The first-order chi connectivity index (χ1) is 6.20. The van der Waals surface area contributed by atoms with Crippen LogP contribution in [-0.2, 0) is 0 Å². The molecule has 0 radical (unpaired) electrons. The zero-order valence-electron chi connectivity index (χ0n) is 7.39. The number of anilines is 1. The van der Waals surface area contributed by atoms with Crippen LogP contribution in [0, 0.1) is 6.92 Å². The Morgan fingerprint density at radius 2 is 2.23 bits per heavy atom. The van der Waals surface area contributed by atoms with Crippen LogP contribution in [-0.4, -0.2) is 12.0 Å². The lowest BCUT2D eigenvalue weighted by atomic mass is 10.3. The van der Waals surface area contributed by atoms with Gasteiger partial charge < -0.3 is 5.32 Å². The molecule has 0 aliphatic heterocycles. The third-order valence-electron chi connectivity index (χ3n) is 1.84. The summed E-state index contributed by atoms with van der Waals surface area (Å²) in [7, 11) is 1.91. The highest BCUT2D eigenvalue weighted by Gasteiger charge is 2.05. The summed E-state index contributed by atoms with van der Waals surface area (Å²) in [6, 6.07) is 4.14. The van der Waals surface area contributed by atoms with E-state index in [4.69, 9.17) is 0 Å². The maximum atomic E-state index is 4.46. The zero-order chi connectivity index (χ0) is 9.42. The molecule has 0 saturated heterocycles. The molecule has 68 valence electrons. The quantitative estimate of drug-likeness (QED) is 0.846. The molecule has 0 amide bonds. The van der Waals surface area contributed by atoms with Crippen LogP contribution in [0.15, 0.2) is 16.6 Å². The fraction of sp³-hybridized carbons (Fsp3) is 0.222. The highest BCUT2D eigenvalue weighted by molar-refractivity contribution is 9.10. The van der Waals surface area contributed by atoms with E-state index in [1.54, 1.807) is 11.3 Å². The van der Waals surface area contributed by atoms with Crippen molar-refractivity contribution in [3.63, 3.8) is 0 Å². The van der Waals surface area contributed by atoms with Gasteiger partial charge in [0.1, 0.15) is 5.52 Å². The van der Waals surface area contributed by atoms with E-state index in [2.05, 4.69) is 32.3 Å². The molecule has 1 N–H and O–H groups in total. The van der Waals surface area contributed by atoms with Crippen molar-refractivity contribution in [2.75, 3.05) is 12.4 Å². The number of nitrogens with zero attached hydrogens (tertiary/aromatic N) is 1. The van der Waals surface area contributed by atoms with E-state index in [0.29, 0.717) is 0 Å². The summed E-state index contributed by atoms with van der Waals surface area (Å²) < 4.78 is 2.31. The first kappa shape index (κ1) is 8.97. The van der Waals surface area contributed by atoms with Crippen molar-refractivity contribution in [2.45, 2.75) is 6.92 Å². The number of aromatic nitrogens is 1. The second kappa shape index (κ2) is 3.27. The average Bonchev–Trinajstić information content (AvgIpc) is 2.43. The molecule has 1 heterocycles. The summed E-state index contributed by atoms with van der Waals surface area (Å²) >= 11 is 5.19. The molecule has 1 aromatic carbocycles. The Morgan fingerprint density at radius 1 is 1.46 bits per heavy atom. The van der Waals surface area contributed by atoms with Gasteiger partial charge in [0.15, 0.2) is 0 Å². The Hall–Kier alpha value is -0.610. The van der Waals surface area contributed by atoms with Crippen molar-refractivity contribution in [1.29, 1.82) is 0 Å². The van der Waals surface area contributed by atoms with Crippen molar-refractivity contribution in [2.24, 2.45) is 0 Å². The van der Waals surface area contributed by atoms with Gasteiger partial charge in [-0.05, 0) is 19.1 Å². The lowest BCUT2D eigenvalue weighted by Crippen LogP contribution is -1.88. The van der Waals surface area contributed by atoms with E-state index < -0.39 is 0 Å². The minimum Gasteiger partial charge on any atom is -0.386 e. The fourth-order valence-electron chi connectivity index (χ4n) is 1.30. The first-order valence-corrected chi connectivity index (χ1v) is 5.56. The first-order valence-electron chi connectivity index (χ1n) is 3.95. The second-order valence-corrected chi connectivity index (χ2v) is 4.93. The Bertz CT molecular complexity index is 450. The second-order valence-electron chi connectivity index (χ2n) is 2.78. The van der Waals surface area contributed by atoms with Gasteiger partial charge in [0.2, 0.25) is 0 Å². The number of hydrogen-bond acceptors (Lipinski definition) is 3. The predicted octanol–water partition coefficient (Wildman–Crippen LogP) is 3.41. The largest absolute Gasteiger partial charge is 0.386 e. The van der Waals surface area contributed by atoms with Crippen LogP contribution in [0.1, 0.15) is 5.01 Å². The minimum atomic E-state index is 1.06. The number of thiazole rings is 1. The summed E-state index contributed by atoms with van der Waals surface area (Å²) in [4.78, 5) is 4.46. The topological polar surface area (TPSA) is 24.9 Å². The number of halogens is 1. The van der Waals surface area contributed by atoms with Crippen LogP contribution in [0.5, 0.6) is 0 Å². The lowest BCUT2D eigenvalue weighted by Gasteiger charge is -2.00. The predicted molar refractivity (Wildman–Crippen MR) is 61.6 cm³/mol. The molecule has 13 heavy (non-hydrogen) atoms. The molecule has 0 spiro atoms. The molecule has 0 atom stereocenters. The van der Waals surface area contributed by atoms with Gasteiger partial charge in [-0.1, -0.05) is 15.9 Å². The number of benzene rings is 1. The van der Waals surface area contributed by atoms with E-state index in [-0.39, 0.29) is 0 Å². The van der Waals surface area contributed by atoms with Gasteiger partial charge in [-0.25, -0.2) is 4.98 Å². The number of rotatable bonds is 1. The van der Waals surface area contributed by atoms with Gasteiger partial charge in [-0.3, -0.25) is 0 Å². The van der Waals surface area contributed by atoms with Gasteiger partial charge in [0.05, 0.1) is 15.4 Å². The minimum absolute atomic E-state index is 1.06. The molecule has 0 aliphatic rings. The molecular formula is C9H9BrN2S. The Kier molecular flexibility index (Phi) is 2.26. The third-order valence-corrected chi connectivity index (χ3v) is 3.21. The highest BCUT2D eigenvalue weighted by Crippen LogP contribution is 2.31. The SMILES string of the molecule is CNc1cc(Br)cc2sc(C)nc12. The molecule has 0 unspecified atom stereocenters. The normalized spacial score (nSPS) is 10.7. The van der Waals surface area contributed by atoms with E-state index >= 15 is 0 Å². The van der Waals surface area contributed by atoms with Crippen molar-refractivity contribution in [1.82, 2.24) is 4.98 Å².